The molecule has 0 atom stereocenters. The summed E-state index contributed by atoms with van der Waals surface area (Å²) >= 11 is 0. The maximum Gasteiger partial charge on any atom is 0.0622 e. The largest absolute Gasteiger partial charge is 0.379 e. The molecular formula is C41H62O. The van der Waals surface area contributed by atoms with E-state index in [0.29, 0.717) is 0 Å². The maximum atomic E-state index is 5.50. The Balaban J connectivity index is 4.60. The summed E-state index contributed by atoms with van der Waals surface area (Å²) in [4.78, 5) is 0. The van der Waals surface area contributed by atoms with Crippen molar-refractivity contribution in [3.05, 3.63) is 130 Å². The van der Waals surface area contributed by atoms with Gasteiger partial charge in [0.25, 0.3) is 0 Å². The molecule has 0 aliphatic carbocycles. The molecule has 0 saturated carbocycles. The van der Waals surface area contributed by atoms with Gasteiger partial charge >= 0.3 is 0 Å². The van der Waals surface area contributed by atoms with Gasteiger partial charge in [-0.1, -0.05) is 130 Å². The molecule has 0 aliphatic heterocycles. The minimum atomic E-state index is -0.0312. The van der Waals surface area contributed by atoms with E-state index in [0.717, 1.165) is 38.5 Å². The van der Waals surface area contributed by atoms with E-state index in [4.69, 9.17) is 4.74 Å². The first kappa shape index (κ1) is 39.1. The third-order valence-electron chi connectivity index (χ3n) is 7.05. The van der Waals surface area contributed by atoms with Crippen LogP contribution in [0.1, 0.15) is 114 Å². The Morgan fingerprint density at radius 3 is 1.45 bits per heavy atom. The third-order valence-corrected chi connectivity index (χ3v) is 7.05. The molecule has 0 aromatic carbocycles. The van der Waals surface area contributed by atoms with Gasteiger partial charge < -0.3 is 4.74 Å². The van der Waals surface area contributed by atoms with Crippen molar-refractivity contribution in [1.29, 1.82) is 0 Å². The van der Waals surface area contributed by atoms with Crippen molar-refractivity contribution in [3.63, 3.8) is 0 Å². The zero-order valence-corrected chi connectivity index (χ0v) is 29.0. The smallest absolute Gasteiger partial charge is 0.0622 e. The average Bonchev–Trinajstić information content (AvgIpc) is 2.91. The lowest BCUT2D eigenvalue weighted by atomic mass is 9.99. The highest BCUT2D eigenvalue weighted by Crippen LogP contribution is 2.19. The number of rotatable bonds is 19. The van der Waals surface area contributed by atoms with E-state index >= 15 is 0 Å². The summed E-state index contributed by atoms with van der Waals surface area (Å²) in [5.41, 5.74) is 9.37. The standard InChI is InChI=1S/C41H62O/c1-34(2)20-14-23-37(5)26-17-29-38(6)27-15-24-35(3)21-12-13-22-36(4)25-16-28-39(7)30-18-31-40(8)32-19-33-41(9,10)42-11/h12-13,15-16,18,20-22,24-28,30-31H,14,17,19,23,29,32-33H2,1-11H3/b13-12-,24-15+,25-16+,30-18+,35-21+,36-22+,37-26+,38-27+,39-28+,40-31+. The van der Waals surface area contributed by atoms with Crippen LogP contribution < -0.4 is 0 Å². The van der Waals surface area contributed by atoms with Crippen LogP contribution in [0.3, 0.4) is 0 Å². The highest BCUT2D eigenvalue weighted by atomic mass is 16.5. The van der Waals surface area contributed by atoms with E-state index in [1.165, 1.54) is 45.4 Å². The topological polar surface area (TPSA) is 9.23 Å². The fraction of sp³-hybridized carbons (Fsp3) is 0.463. The normalized spacial score (nSPS) is 15.3. The number of hydrogen-bond donors (Lipinski definition) is 0. The zero-order chi connectivity index (χ0) is 31.8. The first-order valence-electron chi connectivity index (χ1n) is 15.7. The molecule has 0 N–H and O–H groups in total. The Kier molecular flexibility index (Phi) is 22.0. The minimum absolute atomic E-state index is 0.0312. The highest BCUT2D eigenvalue weighted by Gasteiger charge is 2.14. The molecule has 42 heavy (non-hydrogen) atoms. The van der Waals surface area contributed by atoms with Crippen molar-refractivity contribution < 1.29 is 4.74 Å². The molecule has 0 amide bonds. The van der Waals surface area contributed by atoms with Gasteiger partial charge in [-0.05, 0) is 114 Å². The zero-order valence-electron chi connectivity index (χ0n) is 29.0. The molecule has 1 heteroatoms. The van der Waals surface area contributed by atoms with Crippen LogP contribution in [0, 0.1) is 0 Å². The molecule has 0 spiro atoms. The van der Waals surface area contributed by atoms with E-state index in [1.54, 1.807) is 7.11 Å². The average molecular weight is 571 g/mol. The van der Waals surface area contributed by atoms with Crippen LogP contribution in [0.25, 0.3) is 0 Å². The van der Waals surface area contributed by atoms with Gasteiger partial charge in [0, 0.05) is 7.11 Å². The molecule has 0 unspecified atom stereocenters. The highest BCUT2D eigenvalue weighted by molar-refractivity contribution is 5.31. The number of allylic oxidation sites excluding steroid dienone is 22. The predicted molar refractivity (Wildman–Crippen MR) is 192 cm³/mol. The fourth-order valence-corrected chi connectivity index (χ4v) is 3.96. The number of hydrogen-bond acceptors (Lipinski definition) is 1. The lowest BCUT2D eigenvalue weighted by Gasteiger charge is -2.22. The Bertz CT molecular complexity index is 1110. The summed E-state index contributed by atoms with van der Waals surface area (Å²) in [7, 11) is 1.79. The number of methoxy groups -OCH3 is 1. The molecule has 0 aliphatic rings. The third kappa shape index (κ3) is 24.9. The van der Waals surface area contributed by atoms with Crippen LogP contribution in [-0.2, 0) is 4.74 Å². The summed E-state index contributed by atoms with van der Waals surface area (Å²) < 4.78 is 5.50. The summed E-state index contributed by atoms with van der Waals surface area (Å²) in [5.74, 6) is 0. The summed E-state index contributed by atoms with van der Waals surface area (Å²) in [6, 6.07) is 0. The summed E-state index contributed by atoms with van der Waals surface area (Å²) in [6.45, 7) is 21.7. The van der Waals surface area contributed by atoms with Crippen LogP contribution in [0.2, 0.25) is 0 Å². The quantitative estimate of drug-likeness (QED) is 0.111. The molecule has 0 radical (unpaired) electrons. The van der Waals surface area contributed by atoms with E-state index in [9.17, 15) is 0 Å². The lowest BCUT2D eigenvalue weighted by molar-refractivity contribution is 0.0140. The Morgan fingerprint density at radius 1 is 0.524 bits per heavy atom. The molecule has 0 aromatic rings. The monoisotopic (exact) mass is 570 g/mol. The van der Waals surface area contributed by atoms with Gasteiger partial charge in [-0.2, -0.15) is 0 Å². The Labute approximate surface area is 261 Å². The van der Waals surface area contributed by atoms with E-state index in [-0.39, 0.29) is 5.60 Å². The van der Waals surface area contributed by atoms with Gasteiger partial charge in [0.05, 0.1) is 5.60 Å². The van der Waals surface area contributed by atoms with Gasteiger partial charge in [-0.3, -0.25) is 0 Å². The van der Waals surface area contributed by atoms with Crippen molar-refractivity contribution in [2.45, 2.75) is 120 Å². The number of ether oxygens (including phenoxy) is 1. The molecule has 232 valence electrons. The molecule has 0 fully saturated rings. The van der Waals surface area contributed by atoms with E-state index in [1.807, 2.05) is 0 Å². The molecule has 0 bridgehead atoms. The maximum absolute atomic E-state index is 5.50. The predicted octanol–water partition coefficient (Wildman–Crippen LogP) is 13.0. The summed E-state index contributed by atoms with van der Waals surface area (Å²) in [5, 5.41) is 0. The van der Waals surface area contributed by atoms with Crippen molar-refractivity contribution in [3.8, 4) is 0 Å². The van der Waals surface area contributed by atoms with Crippen LogP contribution in [0.4, 0.5) is 0 Å². The van der Waals surface area contributed by atoms with E-state index in [2.05, 4.69) is 160 Å². The Hall–Kier alpha value is -2.90. The fourth-order valence-electron chi connectivity index (χ4n) is 3.96. The van der Waals surface area contributed by atoms with Gasteiger partial charge in [-0.25, -0.2) is 0 Å². The lowest BCUT2D eigenvalue weighted by Crippen LogP contribution is -2.21. The van der Waals surface area contributed by atoms with Gasteiger partial charge in [-0.15, -0.1) is 0 Å². The molecular weight excluding hydrogens is 508 g/mol. The van der Waals surface area contributed by atoms with Crippen molar-refractivity contribution in [1.82, 2.24) is 0 Å². The summed E-state index contributed by atoms with van der Waals surface area (Å²) in [6.07, 6.45) is 40.6. The molecule has 1 nitrogen and oxygen atoms in total. The molecule has 0 rings (SSSR count). The molecule has 0 heterocycles. The van der Waals surface area contributed by atoms with E-state index < -0.39 is 0 Å². The second kappa shape index (κ2) is 23.6. The Morgan fingerprint density at radius 2 is 0.952 bits per heavy atom. The van der Waals surface area contributed by atoms with Crippen LogP contribution in [0.15, 0.2) is 130 Å². The molecule has 0 saturated heterocycles. The molecule has 0 aromatic heterocycles. The first-order chi connectivity index (χ1) is 19.8. The first-order valence-corrected chi connectivity index (χ1v) is 15.7. The minimum Gasteiger partial charge on any atom is -0.379 e. The second-order valence-electron chi connectivity index (χ2n) is 12.4. The van der Waals surface area contributed by atoms with Crippen LogP contribution in [0.5, 0.6) is 0 Å². The van der Waals surface area contributed by atoms with Gasteiger partial charge in [0.15, 0.2) is 0 Å². The van der Waals surface area contributed by atoms with Crippen molar-refractivity contribution in [2.75, 3.05) is 7.11 Å². The van der Waals surface area contributed by atoms with Crippen molar-refractivity contribution >= 4 is 0 Å². The van der Waals surface area contributed by atoms with Crippen molar-refractivity contribution in [2.24, 2.45) is 0 Å². The van der Waals surface area contributed by atoms with Gasteiger partial charge in [0.1, 0.15) is 0 Å². The van der Waals surface area contributed by atoms with Crippen LogP contribution in [-0.4, -0.2) is 12.7 Å². The van der Waals surface area contributed by atoms with Gasteiger partial charge in [0.2, 0.25) is 0 Å². The van der Waals surface area contributed by atoms with Crippen LogP contribution >= 0.6 is 0 Å². The SMILES string of the molecule is COC(C)(C)CCC/C(C)=C/C=C/C(C)=C/C=C/C(C)=C/C=C\C=C(C)\C=C\C=C(/C)CC/C=C(\C)CCC=C(C)C. The second-order valence-corrected chi connectivity index (χ2v) is 12.4.